The van der Waals surface area contributed by atoms with Crippen molar-refractivity contribution < 1.29 is 14.3 Å². The summed E-state index contributed by atoms with van der Waals surface area (Å²) >= 11 is 0. The zero-order valence-electron chi connectivity index (χ0n) is 17.1. The summed E-state index contributed by atoms with van der Waals surface area (Å²) in [6.45, 7) is 2.01. The topological polar surface area (TPSA) is 87.2 Å². The van der Waals surface area contributed by atoms with E-state index in [9.17, 15) is 9.18 Å². The molecule has 3 aromatic rings. The number of carboxylic acids is 1. The van der Waals surface area contributed by atoms with Gasteiger partial charge in [-0.05, 0) is 70.2 Å². The maximum atomic E-state index is 14.0. The van der Waals surface area contributed by atoms with Gasteiger partial charge >= 0.3 is 5.97 Å². The Hall–Kier alpha value is -3.99. The number of anilines is 1. The molecular weight excluding hydrogens is 391 g/mol. The van der Waals surface area contributed by atoms with Crippen molar-refractivity contribution in [2.45, 2.75) is 13.3 Å². The average molecular weight is 414 g/mol. The third kappa shape index (κ3) is 5.14. The normalized spacial score (nSPS) is 11.9. The van der Waals surface area contributed by atoms with Crippen LogP contribution in [0, 0.1) is 11.2 Å². The number of benzene rings is 3. The van der Waals surface area contributed by atoms with Crippen LogP contribution in [-0.2, 0) is 4.79 Å². The van der Waals surface area contributed by atoms with Gasteiger partial charge in [0.05, 0.1) is 0 Å². The Morgan fingerprint density at radius 3 is 2.35 bits per heavy atom. The van der Waals surface area contributed by atoms with Gasteiger partial charge < -0.3 is 16.2 Å². The second kappa shape index (κ2) is 9.67. The molecule has 0 saturated heterocycles. The molecule has 0 saturated carbocycles. The fraction of sp³-hybridized carbons (Fsp3) is 0.0769. The van der Waals surface area contributed by atoms with E-state index >= 15 is 0 Å². The number of halogens is 1. The molecule has 0 aromatic heterocycles. The molecule has 156 valence electrons. The number of rotatable bonds is 7. The van der Waals surface area contributed by atoms with E-state index in [4.69, 9.17) is 16.2 Å². The van der Waals surface area contributed by atoms with Crippen LogP contribution in [0.5, 0.6) is 0 Å². The number of carboxylic acid groups (broad SMARTS) is 1. The minimum absolute atomic E-state index is 0.311. The van der Waals surface area contributed by atoms with Gasteiger partial charge in [0.2, 0.25) is 0 Å². The molecule has 4 N–H and O–H groups in total. The third-order valence-electron chi connectivity index (χ3n) is 4.98. The lowest BCUT2D eigenvalue weighted by Gasteiger charge is -2.17. The molecule has 0 atom stereocenters. The van der Waals surface area contributed by atoms with Crippen LogP contribution in [-0.4, -0.2) is 17.3 Å². The molecule has 0 amide bonds. The largest absolute Gasteiger partial charge is 0.478 e. The number of carbonyl (C=O) groups is 1. The Morgan fingerprint density at radius 1 is 1.03 bits per heavy atom. The van der Waals surface area contributed by atoms with E-state index in [-0.39, 0.29) is 5.82 Å². The van der Waals surface area contributed by atoms with Crippen LogP contribution in [0.2, 0.25) is 0 Å². The van der Waals surface area contributed by atoms with Gasteiger partial charge in [-0.15, -0.1) is 0 Å². The highest BCUT2D eigenvalue weighted by Crippen LogP contribution is 2.35. The van der Waals surface area contributed by atoms with Crippen molar-refractivity contribution in [2.75, 3.05) is 5.73 Å². The smallest absolute Gasteiger partial charge is 0.328 e. The molecule has 3 rings (SSSR count). The van der Waals surface area contributed by atoms with Crippen molar-refractivity contribution in [3.05, 3.63) is 106 Å². The average Bonchev–Trinajstić information content (AvgIpc) is 2.77. The number of allylic oxidation sites excluding steroid dienone is 1. The van der Waals surface area contributed by atoms with Crippen LogP contribution >= 0.6 is 0 Å². The Kier molecular flexibility index (Phi) is 6.78. The van der Waals surface area contributed by atoms with Crippen LogP contribution in [0.4, 0.5) is 10.1 Å². The van der Waals surface area contributed by atoms with Gasteiger partial charge in [-0.25, -0.2) is 9.18 Å². The summed E-state index contributed by atoms with van der Waals surface area (Å²) in [4.78, 5) is 10.8. The molecule has 0 heterocycles. The van der Waals surface area contributed by atoms with E-state index in [0.29, 0.717) is 17.7 Å². The molecule has 0 unspecified atom stereocenters. The zero-order chi connectivity index (χ0) is 22.4. The van der Waals surface area contributed by atoms with Gasteiger partial charge in [-0.2, -0.15) is 0 Å². The Morgan fingerprint density at radius 2 is 1.74 bits per heavy atom. The predicted molar refractivity (Wildman–Crippen MR) is 124 cm³/mol. The number of nitrogens with two attached hydrogens (primary N) is 1. The van der Waals surface area contributed by atoms with Crippen molar-refractivity contribution in [3.63, 3.8) is 0 Å². The van der Waals surface area contributed by atoms with Crippen molar-refractivity contribution in [3.8, 4) is 0 Å². The molecule has 0 aliphatic rings. The number of nitrogens with one attached hydrogen (secondary N) is 1. The van der Waals surface area contributed by atoms with Gasteiger partial charge in [0.1, 0.15) is 5.82 Å². The standard InChI is InChI=1S/C26H23FN2O2/c1-2-23(19-4-3-5-22(27)15-19)26(20-11-12-24(29)21(14-20)16-28)18-9-6-17(7-10-18)8-13-25(30)31/h3-16,28H,2,29H2,1H3,(H,30,31)/b13-8+,26-23+,28-16?. The number of hydrogen-bond acceptors (Lipinski definition) is 3. The lowest BCUT2D eigenvalue weighted by atomic mass is 9.87. The number of aliphatic carboxylic acids is 1. The Balaban J connectivity index is 2.24. The van der Waals surface area contributed by atoms with Gasteiger partial charge in [0.15, 0.2) is 0 Å². The molecule has 0 radical (unpaired) electrons. The summed E-state index contributed by atoms with van der Waals surface area (Å²) in [5.74, 6) is -1.32. The summed E-state index contributed by atoms with van der Waals surface area (Å²) < 4.78 is 14.0. The maximum Gasteiger partial charge on any atom is 0.328 e. The third-order valence-corrected chi connectivity index (χ3v) is 4.98. The second-order valence-corrected chi connectivity index (χ2v) is 7.00. The van der Waals surface area contributed by atoms with E-state index in [1.165, 1.54) is 24.4 Å². The molecule has 0 aliphatic carbocycles. The zero-order valence-corrected chi connectivity index (χ0v) is 17.1. The van der Waals surface area contributed by atoms with Gasteiger partial charge in [-0.3, -0.25) is 0 Å². The van der Waals surface area contributed by atoms with E-state index in [1.807, 2.05) is 49.4 Å². The van der Waals surface area contributed by atoms with E-state index in [2.05, 4.69) is 0 Å². The number of hydrogen-bond donors (Lipinski definition) is 3. The Labute approximate surface area is 180 Å². The van der Waals surface area contributed by atoms with Crippen molar-refractivity contribution in [2.24, 2.45) is 0 Å². The minimum atomic E-state index is -1.01. The van der Waals surface area contributed by atoms with E-state index < -0.39 is 5.97 Å². The lowest BCUT2D eigenvalue weighted by molar-refractivity contribution is -0.131. The monoisotopic (exact) mass is 414 g/mol. The summed E-state index contributed by atoms with van der Waals surface area (Å²) in [6, 6.07) is 19.5. The summed E-state index contributed by atoms with van der Waals surface area (Å²) in [7, 11) is 0. The summed E-state index contributed by atoms with van der Waals surface area (Å²) in [6.07, 6.45) is 4.49. The molecule has 5 heteroatoms. The SMILES string of the molecule is CC/C(=C(/c1ccc(/C=C/C(=O)O)cc1)c1ccc(N)c(C=N)c1)c1cccc(F)c1. The molecule has 0 spiro atoms. The highest BCUT2D eigenvalue weighted by molar-refractivity contribution is 6.00. The fourth-order valence-electron chi connectivity index (χ4n) is 3.50. The van der Waals surface area contributed by atoms with Crippen LogP contribution < -0.4 is 5.73 Å². The summed E-state index contributed by atoms with van der Waals surface area (Å²) in [5.41, 5.74) is 12.3. The van der Waals surface area contributed by atoms with Crippen LogP contribution in [0.25, 0.3) is 17.2 Å². The van der Waals surface area contributed by atoms with Crippen molar-refractivity contribution in [1.82, 2.24) is 0 Å². The fourth-order valence-corrected chi connectivity index (χ4v) is 3.50. The van der Waals surface area contributed by atoms with Crippen LogP contribution in [0.15, 0.2) is 72.8 Å². The minimum Gasteiger partial charge on any atom is -0.478 e. The lowest BCUT2D eigenvalue weighted by Crippen LogP contribution is -1.99. The van der Waals surface area contributed by atoms with E-state index in [1.54, 1.807) is 12.1 Å². The first-order valence-electron chi connectivity index (χ1n) is 9.83. The molecule has 0 fully saturated rings. The highest BCUT2D eigenvalue weighted by Gasteiger charge is 2.14. The highest BCUT2D eigenvalue weighted by atomic mass is 19.1. The second-order valence-electron chi connectivity index (χ2n) is 7.00. The van der Waals surface area contributed by atoms with E-state index in [0.717, 1.165) is 39.5 Å². The Bertz CT molecular complexity index is 1180. The van der Waals surface area contributed by atoms with Crippen LogP contribution in [0.3, 0.4) is 0 Å². The maximum absolute atomic E-state index is 14.0. The molecular formula is C26H23FN2O2. The molecule has 0 aliphatic heterocycles. The van der Waals surface area contributed by atoms with Gasteiger partial charge in [-0.1, -0.05) is 49.4 Å². The van der Waals surface area contributed by atoms with Crippen LogP contribution in [0.1, 0.15) is 41.2 Å². The molecule has 31 heavy (non-hydrogen) atoms. The first-order valence-corrected chi connectivity index (χ1v) is 9.83. The van der Waals surface area contributed by atoms with Crippen molar-refractivity contribution in [1.29, 1.82) is 5.41 Å². The predicted octanol–water partition coefficient (Wildman–Crippen LogP) is 5.87. The molecule has 3 aromatic carbocycles. The van der Waals surface area contributed by atoms with Gasteiger partial charge in [0, 0.05) is 23.5 Å². The van der Waals surface area contributed by atoms with Gasteiger partial charge in [0.25, 0.3) is 0 Å². The first kappa shape index (κ1) is 21.7. The number of nitrogen functional groups attached to an aromatic ring is 1. The quantitative estimate of drug-likeness (QED) is 0.195. The summed E-state index contributed by atoms with van der Waals surface area (Å²) in [5, 5.41) is 16.5. The van der Waals surface area contributed by atoms with Crippen molar-refractivity contribution >= 4 is 35.1 Å². The molecule has 4 nitrogen and oxygen atoms in total. The first-order chi connectivity index (χ1) is 14.9. The molecule has 0 bridgehead atoms.